The van der Waals surface area contributed by atoms with Crippen LogP contribution in [-0.4, -0.2) is 107 Å². The molecule has 8 atom stereocenters. The number of carbonyl (C=O) groups is 3. The lowest BCUT2D eigenvalue weighted by atomic mass is 9.76. The summed E-state index contributed by atoms with van der Waals surface area (Å²) >= 11 is 1.36. The van der Waals surface area contributed by atoms with Crippen molar-refractivity contribution >= 4 is 40.6 Å². The van der Waals surface area contributed by atoms with E-state index in [4.69, 9.17) is 28.4 Å². The molecule has 4 aromatic rings. The van der Waals surface area contributed by atoms with E-state index in [1.807, 2.05) is 32.2 Å². The Morgan fingerprint density at radius 1 is 1.07 bits per heavy atom. The van der Waals surface area contributed by atoms with Crippen molar-refractivity contribution in [2.24, 2.45) is 0 Å². The number of carboxylic acids is 1. The van der Waals surface area contributed by atoms with Gasteiger partial charge < -0.3 is 43.6 Å². The van der Waals surface area contributed by atoms with E-state index in [2.05, 4.69) is 26.2 Å². The van der Waals surface area contributed by atoms with Crippen molar-refractivity contribution < 1.29 is 53.0 Å². The van der Waals surface area contributed by atoms with E-state index < -0.39 is 58.4 Å². The number of aliphatic carboxylic acids is 1. The normalized spacial score (nSPS) is 29.7. The molecule has 16 nitrogen and oxygen atoms in total. The molecule has 1 aromatic heterocycles. The van der Waals surface area contributed by atoms with Gasteiger partial charge in [0.25, 0.3) is 0 Å². The van der Waals surface area contributed by atoms with Gasteiger partial charge in [0.1, 0.15) is 29.7 Å². The fourth-order valence-corrected chi connectivity index (χ4v) is 12.7. The number of carbonyl (C=O) groups excluding carboxylic acids is 2. The molecule has 17 heteroatoms. The first kappa shape index (κ1) is 38.5. The summed E-state index contributed by atoms with van der Waals surface area (Å²) in [4.78, 5) is 48.9. The van der Waals surface area contributed by atoms with Crippen molar-refractivity contribution in [3.8, 4) is 40.6 Å². The second kappa shape index (κ2) is 13.4. The number of nitrogens with one attached hydrogen (secondary N) is 2. The van der Waals surface area contributed by atoms with Gasteiger partial charge in [0.15, 0.2) is 28.5 Å². The largest absolute Gasteiger partial charge is 0.504 e. The molecule has 0 aliphatic carbocycles. The topological polar surface area (TPSA) is 205 Å². The summed E-state index contributed by atoms with van der Waals surface area (Å²) in [6.07, 6.45) is 0.304. The third-order valence-electron chi connectivity index (χ3n) is 13.3. The molecule has 8 aliphatic rings. The van der Waals surface area contributed by atoms with E-state index in [1.165, 1.54) is 25.8 Å². The molecule has 12 rings (SSSR count). The van der Waals surface area contributed by atoms with E-state index in [1.54, 1.807) is 20.1 Å². The third kappa shape index (κ3) is 5.11. The van der Waals surface area contributed by atoms with Crippen molar-refractivity contribution in [2.45, 2.75) is 74.1 Å². The summed E-state index contributed by atoms with van der Waals surface area (Å²) in [5, 5.41) is 37.5. The van der Waals surface area contributed by atoms with Gasteiger partial charge in [-0.2, -0.15) is 5.26 Å². The quantitative estimate of drug-likeness (QED) is 0.168. The fraction of sp³-hybridized carbons (Fsp3) is 0.442. The predicted molar refractivity (Wildman–Crippen MR) is 215 cm³/mol. The van der Waals surface area contributed by atoms with Crippen molar-refractivity contribution in [2.75, 3.05) is 47.0 Å². The minimum Gasteiger partial charge on any atom is -0.504 e. The van der Waals surface area contributed by atoms with Crippen molar-refractivity contribution in [1.29, 1.82) is 5.26 Å². The predicted octanol–water partition coefficient (Wildman–Crippen LogP) is 4.22. The van der Waals surface area contributed by atoms with Crippen LogP contribution in [0.1, 0.15) is 68.9 Å². The summed E-state index contributed by atoms with van der Waals surface area (Å²) in [5.74, 6) is -0.536. The Morgan fingerprint density at radius 2 is 1.85 bits per heavy atom. The van der Waals surface area contributed by atoms with Gasteiger partial charge in [-0.05, 0) is 55.8 Å². The number of likely N-dealkylation sites (N-methyl/N-ethyl adjacent to an activating group) is 1. The minimum atomic E-state index is -1.72. The van der Waals surface area contributed by atoms with Gasteiger partial charge in [-0.25, -0.2) is 4.79 Å². The van der Waals surface area contributed by atoms with E-state index in [-0.39, 0.29) is 50.0 Å². The van der Waals surface area contributed by atoms with Gasteiger partial charge in [0, 0.05) is 71.3 Å². The number of fused-ring (bicyclic) bond motifs is 8. The van der Waals surface area contributed by atoms with Crippen LogP contribution in [0.3, 0.4) is 0 Å². The molecule has 8 aliphatic heterocycles. The molecule has 0 saturated carbocycles. The summed E-state index contributed by atoms with van der Waals surface area (Å²) in [6, 6.07) is 6.87. The highest BCUT2D eigenvalue weighted by Gasteiger charge is 2.64. The molecule has 2 saturated heterocycles. The number of aromatic amines is 1. The first-order chi connectivity index (χ1) is 28.8. The second-order valence-electron chi connectivity index (χ2n) is 16.5. The van der Waals surface area contributed by atoms with Gasteiger partial charge in [-0.3, -0.25) is 24.7 Å². The molecular formula is C43H43N5O11S. The molecular weight excluding hydrogens is 795 g/mol. The zero-order valence-electron chi connectivity index (χ0n) is 33.8. The number of H-pyrrole nitrogens is 1. The SMILES string of the molecule is COc1ccc2[nH]c3c(c2c1)C[C@H](C(=O)O)N[C@]31CS[C@@H]2c3c(OC(C)=O)c(C)c4c(c3[C@H](COC1=O)N1[C@@H]2[C@@H]2c3c(cc(C)c(OC)c3O)CC1(C#N)CN2C)OCO4. The van der Waals surface area contributed by atoms with Crippen LogP contribution >= 0.6 is 11.8 Å². The molecule has 312 valence electrons. The number of aromatic hydroxyl groups is 1. The maximum absolute atomic E-state index is 15.1. The van der Waals surface area contributed by atoms with Gasteiger partial charge >= 0.3 is 17.9 Å². The number of aryl methyl sites for hydroxylation is 1. The van der Waals surface area contributed by atoms with Crippen LogP contribution < -0.4 is 29.0 Å². The first-order valence-corrected chi connectivity index (χ1v) is 20.7. The van der Waals surface area contributed by atoms with Gasteiger partial charge in [0.05, 0.1) is 43.3 Å². The molecule has 0 radical (unpaired) electrons. The van der Waals surface area contributed by atoms with Crippen LogP contribution in [-0.2, 0) is 37.5 Å². The Morgan fingerprint density at radius 3 is 2.57 bits per heavy atom. The summed E-state index contributed by atoms with van der Waals surface area (Å²) in [5.41, 5.74) is 2.69. The zero-order chi connectivity index (χ0) is 42.2. The number of thioether (sulfide) groups is 1. The number of esters is 2. The Labute approximate surface area is 348 Å². The highest BCUT2D eigenvalue weighted by molar-refractivity contribution is 7.99. The molecule has 9 heterocycles. The first-order valence-electron chi connectivity index (χ1n) is 19.7. The number of rotatable bonds is 4. The number of methoxy groups -OCH3 is 2. The highest BCUT2D eigenvalue weighted by atomic mass is 32.2. The fourth-order valence-electron chi connectivity index (χ4n) is 11.1. The maximum atomic E-state index is 15.1. The molecule has 1 spiro atoms. The lowest BCUT2D eigenvalue weighted by molar-refractivity contribution is -0.159. The lowest BCUT2D eigenvalue weighted by Crippen LogP contribution is -2.70. The molecule has 60 heavy (non-hydrogen) atoms. The van der Waals surface area contributed by atoms with Crippen LogP contribution in [0.5, 0.6) is 34.5 Å². The van der Waals surface area contributed by atoms with Gasteiger partial charge in [-0.15, -0.1) is 11.8 Å². The summed E-state index contributed by atoms with van der Waals surface area (Å²) in [7, 11) is 4.99. The number of phenols is 1. The average Bonchev–Trinajstić information content (AvgIpc) is 3.81. The van der Waals surface area contributed by atoms with Crippen molar-refractivity contribution in [3.63, 3.8) is 0 Å². The Kier molecular flexibility index (Phi) is 8.62. The van der Waals surface area contributed by atoms with Crippen molar-refractivity contribution in [3.05, 3.63) is 68.9 Å². The number of hydrogen-bond acceptors (Lipinski definition) is 15. The second-order valence-corrected chi connectivity index (χ2v) is 17.7. The standard InChI is InChI=1S/C43H43N5O11S/c1-18-9-21-12-42(14-44)15-47(4)31(28(21)33(50)34(18)55-6)32-38-30-29(37-36(57-17-58-37)19(2)35(30)59-20(3)49)27(48(32)42)13-56-41(53)43(16-60-38)39-24(11-26(46-43)40(51)52)23-10-22(54-5)7-8-25(23)45-39/h7-10,26-27,31-32,38,45-46,50H,11-13,15-17H2,1-6H3,(H,51,52)/t26-,27+,31+,32-,38-,42?,43-/m1/s1. The van der Waals surface area contributed by atoms with E-state index in [0.717, 1.165) is 10.9 Å². The number of aromatic nitrogens is 1. The van der Waals surface area contributed by atoms with Crippen LogP contribution in [0.25, 0.3) is 10.9 Å². The van der Waals surface area contributed by atoms with Crippen LogP contribution in [0.4, 0.5) is 0 Å². The van der Waals surface area contributed by atoms with Crippen LogP contribution in [0.15, 0.2) is 24.3 Å². The summed E-state index contributed by atoms with van der Waals surface area (Å²) < 4.78 is 36.3. The molecule has 2 unspecified atom stereocenters. The Bertz CT molecular complexity index is 2620. The number of benzene rings is 3. The van der Waals surface area contributed by atoms with Gasteiger partial charge in [0.2, 0.25) is 6.79 Å². The molecule has 2 fully saturated rings. The monoisotopic (exact) mass is 837 g/mol. The Hall–Kier alpha value is -5.67. The Balaban J connectivity index is 1.27. The number of hydrogen-bond donors (Lipinski definition) is 4. The maximum Gasteiger partial charge on any atom is 0.333 e. The van der Waals surface area contributed by atoms with Crippen molar-refractivity contribution in [1.82, 2.24) is 20.1 Å². The number of phenolic OH excluding ortho intramolecular Hbond substituents is 1. The average molecular weight is 838 g/mol. The van der Waals surface area contributed by atoms with E-state index in [0.29, 0.717) is 67.6 Å². The number of nitriles is 1. The number of piperazine rings is 1. The lowest BCUT2D eigenvalue weighted by Gasteiger charge is -2.60. The van der Waals surface area contributed by atoms with Crippen LogP contribution in [0.2, 0.25) is 0 Å². The molecule has 3 aromatic carbocycles. The number of ether oxygens (including phenoxy) is 6. The van der Waals surface area contributed by atoms with Crippen LogP contribution in [0, 0.1) is 25.2 Å². The van der Waals surface area contributed by atoms with E-state index in [9.17, 15) is 25.1 Å². The summed E-state index contributed by atoms with van der Waals surface area (Å²) in [6.45, 7) is 4.84. The van der Waals surface area contributed by atoms with E-state index >= 15 is 4.79 Å². The molecule has 4 bridgehead atoms. The number of nitrogens with zero attached hydrogens (tertiary/aromatic N) is 3. The molecule has 0 amide bonds. The molecule has 4 N–H and O–H groups in total. The highest BCUT2D eigenvalue weighted by Crippen LogP contribution is 2.65. The zero-order valence-corrected chi connectivity index (χ0v) is 34.6. The number of carboxylic acid groups (broad SMARTS) is 1. The van der Waals surface area contributed by atoms with Gasteiger partial charge in [-0.1, -0.05) is 6.07 Å². The third-order valence-corrected chi connectivity index (χ3v) is 14.8. The minimum absolute atomic E-state index is 0.0282. The smallest absolute Gasteiger partial charge is 0.333 e.